The third-order valence-electron chi connectivity index (χ3n) is 3.58. The second kappa shape index (κ2) is 7.11. The number of hydrogen-bond donors (Lipinski definition) is 1. The fraction of sp³-hybridized carbons (Fsp3) is 0.118. The van der Waals surface area contributed by atoms with Crippen molar-refractivity contribution in [3.05, 3.63) is 60.9 Å². The number of carbonyl (C=O) groups is 1. The summed E-state index contributed by atoms with van der Waals surface area (Å²) in [5.41, 5.74) is 1.06. The number of ether oxygens (including phenoxy) is 1. The van der Waals surface area contributed by atoms with Crippen LogP contribution in [0.3, 0.4) is 0 Å². The molecule has 1 N–H and O–H groups in total. The molecule has 0 amide bonds. The van der Waals surface area contributed by atoms with Crippen LogP contribution in [-0.2, 0) is 4.74 Å². The van der Waals surface area contributed by atoms with Crippen LogP contribution in [0.5, 0.6) is 0 Å². The molecule has 8 heteroatoms. The van der Waals surface area contributed by atoms with Crippen LogP contribution in [0.15, 0.2) is 33.5 Å². The van der Waals surface area contributed by atoms with Crippen LogP contribution >= 0.6 is 38.9 Å². The summed E-state index contributed by atoms with van der Waals surface area (Å²) in [6.07, 6.45) is 1.71. The minimum Gasteiger partial charge on any atom is -0.465 e. The number of methoxy groups -OCH3 is 1. The Morgan fingerprint density at radius 3 is 2.80 bits per heavy atom. The summed E-state index contributed by atoms with van der Waals surface area (Å²) in [7, 11) is 1.30. The molecule has 3 rings (SSSR count). The van der Waals surface area contributed by atoms with Gasteiger partial charge in [-0.05, 0) is 30.2 Å². The molecule has 0 aliphatic heterocycles. The minimum absolute atomic E-state index is 0.243. The number of esters is 1. The highest BCUT2D eigenvalue weighted by atomic mass is 79.9. The summed E-state index contributed by atoms with van der Waals surface area (Å²) in [5.74, 6) is -0.246. The van der Waals surface area contributed by atoms with Gasteiger partial charge in [0.05, 0.1) is 17.5 Å². The van der Waals surface area contributed by atoms with Gasteiger partial charge in [-0.15, -0.1) is 11.3 Å². The highest BCUT2D eigenvalue weighted by Crippen LogP contribution is 2.29. The van der Waals surface area contributed by atoms with Gasteiger partial charge < -0.3 is 9.72 Å². The lowest BCUT2D eigenvalue weighted by atomic mass is 10.2. The maximum Gasteiger partial charge on any atom is 0.348 e. The summed E-state index contributed by atoms with van der Waals surface area (Å²) in [5, 5.41) is 0.663. The molecule has 0 saturated heterocycles. The lowest BCUT2D eigenvalue weighted by Crippen LogP contribution is -2.10. The molecule has 25 heavy (non-hydrogen) atoms. The van der Waals surface area contributed by atoms with Crippen molar-refractivity contribution in [3.8, 4) is 0 Å². The molecule has 2 heterocycles. The summed E-state index contributed by atoms with van der Waals surface area (Å²) in [6.45, 7) is 1.69. The molecule has 0 atom stereocenters. The number of fused-ring (bicyclic) bond motifs is 1. The van der Waals surface area contributed by atoms with Gasteiger partial charge in [-0.3, -0.25) is 4.79 Å². The Hall–Kier alpha value is -1.96. The van der Waals surface area contributed by atoms with Crippen LogP contribution < -0.4 is 5.56 Å². The van der Waals surface area contributed by atoms with Crippen molar-refractivity contribution in [2.45, 2.75) is 6.92 Å². The van der Waals surface area contributed by atoms with Crippen LogP contribution in [-0.4, -0.2) is 23.0 Å². The Kier molecular flexibility index (Phi) is 5.08. The van der Waals surface area contributed by atoms with Crippen molar-refractivity contribution in [2.75, 3.05) is 7.11 Å². The van der Waals surface area contributed by atoms with Gasteiger partial charge in [0, 0.05) is 4.47 Å². The monoisotopic (exact) mass is 438 g/mol. The average Bonchev–Trinajstić information content (AvgIpc) is 2.93. The van der Waals surface area contributed by atoms with Crippen molar-refractivity contribution < 1.29 is 9.53 Å². The van der Waals surface area contributed by atoms with E-state index in [-0.39, 0.29) is 16.4 Å². The Balaban J connectivity index is 2.14. The van der Waals surface area contributed by atoms with Crippen LogP contribution in [0.1, 0.15) is 26.6 Å². The molecule has 0 bridgehead atoms. The number of H-pyrrole nitrogens is 1. The van der Waals surface area contributed by atoms with E-state index in [1.165, 1.54) is 7.11 Å². The van der Waals surface area contributed by atoms with Crippen molar-refractivity contribution >= 4 is 66.2 Å². The lowest BCUT2D eigenvalue weighted by molar-refractivity contribution is 0.0605. The normalized spacial score (nSPS) is 11.8. The molecule has 128 valence electrons. The molecule has 0 fully saturated rings. The van der Waals surface area contributed by atoms with Gasteiger partial charge in [-0.2, -0.15) is 0 Å². The van der Waals surface area contributed by atoms with E-state index < -0.39 is 5.97 Å². The summed E-state index contributed by atoms with van der Waals surface area (Å²) < 4.78 is 5.62. The van der Waals surface area contributed by atoms with E-state index in [0.29, 0.717) is 20.7 Å². The number of nitrogens with zero attached hydrogens (tertiary/aromatic N) is 1. The van der Waals surface area contributed by atoms with Crippen molar-refractivity contribution in [2.24, 2.45) is 0 Å². The number of carbonyl (C=O) groups excluding carboxylic acids is 1. The van der Waals surface area contributed by atoms with Crippen LogP contribution in [0.25, 0.3) is 21.3 Å². The number of rotatable bonds is 3. The zero-order valence-electron chi connectivity index (χ0n) is 13.2. The maximum atomic E-state index is 12.4. The van der Waals surface area contributed by atoms with E-state index in [2.05, 4.69) is 25.9 Å². The van der Waals surface area contributed by atoms with Gasteiger partial charge in [0.25, 0.3) is 5.56 Å². The number of hydrogen-bond acceptors (Lipinski definition) is 5. The fourth-order valence-corrected chi connectivity index (χ4v) is 4.05. The van der Waals surface area contributed by atoms with Crippen molar-refractivity contribution in [3.63, 3.8) is 0 Å². The molecule has 0 radical (unpaired) electrons. The van der Waals surface area contributed by atoms with Crippen LogP contribution in [0.4, 0.5) is 0 Å². The molecule has 0 saturated carbocycles. The highest BCUT2D eigenvalue weighted by Gasteiger charge is 2.20. The maximum absolute atomic E-state index is 12.4. The van der Waals surface area contributed by atoms with Gasteiger partial charge in [0.15, 0.2) is 5.82 Å². The Morgan fingerprint density at radius 1 is 1.40 bits per heavy atom. The standard InChI is InChI=1S/C17H12BrClN2O3S/c1-8-12-15(22)20-14(21-16(12)25-13(8)17(23)24-2)11(19)7-9-5-3-4-6-10(9)18/h3-7H,1-2H3,(H,20,21,22)/b11-7-. The Labute approximate surface area is 160 Å². The predicted octanol–water partition coefficient (Wildman–Crippen LogP) is 4.58. The van der Waals surface area contributed by atoms with E-state index in [1.54, 1.807) is 13.0 Å². The van der Waals surface area contributed by atoms with E-state index >= 15 is 0 Å². The zero-order chi connectivity index (χ0) is 18.1. The third kappa shape index (κ3) is 3.40. The molecule has 0 aliphatic rings. The molecule has 3 aromatic rings. The summed E-state index contributed by atoms with van der Waals surface area (Å²) in [4.78, 5) is 32.1. The molecule has 1 aromatic carbocycles. The predicted molar refractivity (Wildman–Crippen MR) is 104 cm³/mol. The molecular formula is C17H12BrClN2O3S. The van der Waals surface area contributed by atoms with E-state index in [4.69, 9.17) is 16.3 Å². The van der Waals surface area contributed by atoms with Gasteiger partial charge in [0.1, 0.15) is 9.71 Å². The molecule has 0 aliphatic carbocycles. The molecule has 0 spiro atoms. The first-order valence-corrected chi connectivity index (χ1v) is 9.15. The number of aromatic nitrogens is 2. The highest BCUT2D eigenvalue weighted by molar-refractivity contribution is 9.10. The number of halogens is 2. The largest absolute Gasteiger partial charge is 0.465 e. The molecule has 5 nitrogen and oxygen atoms in total. The first-order valence-electron chi connectivity index (χ1n) is 7.16. The summed E-state index contributed by atoms with van der Waals surface area (Å²) >= 11 is 10.9. The van der Waals surface area contributed by atoms with Crippen molar-refractivity contribution in [1.82, 2.24) is 9.97 Å². The summed E-state index contributed by atoms with van der Waals surface area (Å²) in [6, 6.07) is 7.55. The van der Waals surface area contributed by atoms with Gasteiger partial charge in [0.2, 0.25) is 0 Å². The zero-order valence-corrected chi connectivity index (χ0v) is 16.4. The Bertz CT molecular complexity index is 1070. The van der Waals surface area contributed by atoms with Crippen LogP contribution in [0, 0.1) is 6.92 Å². The number of aromatic amines is 1. The van der Waals surface area contributed by atoms with E-state index in [1.807, 2.05) is 24.3 Å². The first kappa shape index (κ1) is 17.8. The fourth-order valence-electron chi connectivity index (χ4n) is 2.34. The van der Waals surface area contributed by atoms with Gasteiger partial charge in [-0.1, -0.05) is 45.7 Å². The Morgan fingerprint density at radius 2 is 2.12 bits per heavy atom. The second-order valence-corrected chi connectivity index (χ2v) is 7.42. The molecular weight excluding hydrogens is 428 g/mol. The van der Waals surface area contributed by atoms with E-state index in [0.717, 1.165) is 21.4 Å². The molecule has 2 aromatic heterocycles. The first-order chi connectivity index (χ1) is 11.9. The quantitative estimate of drug-likeness (QED) is 0.606. The second-order valence-electron chi connectivity index (χ2n) is 5.16. The van der Waals surface area contributed by atoms with Gasteiger partial charge >= 0.3 is 5.97 Å². The number of thiophene rings is 1. The molecule has 0 unspecified atom stereocenters. The number of aryl methyl sites for hydroxylation is 1. The van der Waals surface area contributed by atoms with E-state index in [9.17, 15) is 9.59 Å². The SMILES string of the molecule is COC(=O)c1sc2nc(/C(Cl)=C/c3ccccc3Br)[nH]c(=O)c2c1C. The third-order valence-corrected chi connectivity index (χ3v) is 5.76. The lowest BCUT2D eigenvalue weighted by Gasteiger charge is -2.02. The smallest absolute Gasteiger partial charge is 0.348 e. The average molecular weight is 440 g/mol. The van der Waals surface area contributed by atoms with Crippen molar-refractivity contribution in [1.29, 1.82) is 0 Å². The topological polar surface area (TPSA) is 72.0 Å². The number of benzene rings is 1. The number of nitrogens with one attached hydrogen (secondary N) is 1. The van der Waals surface area contributed by atoms with Gasteiger partial charge in [-0.25, -0.2) is 9.78 Å². The minimum atomic E-state index is -0.490. The van der Waals surface area contributed by atoms with Crippen LogP contribution in [0.2, 0.25) is 0 Å².